The van der Waals surface area contributed by atoms with Gasteiger partial charge >= 0.3 is 5.97 Å². The Bertz CT molecular complexity index is 1000. The van der Waals surface area contributed by atoms with Crippen molar-refractivity contribution in [3.63, 3.8) is 0 Å². The Hall–Kier alpha value is -3.32. The molecular formula is C22H21ClN2O5. The molecule has 1 aliphatic heterocycles. The van der Waals surface area contributed by atoms with Crippen LogP contribution in [0.3, 0.4) is 0 Å². The molecule has 0 saturated heterocycles. The normalized spacial score (nSPS) is 13.6. The van der Waals surface area contributed by atoms with Gasteiger partial charge < -0.3 is 14.8 Å². The molecule has 1 aliphatic rings. The van der Waals surface area contributed by atoms with Crippen LogP contribution in [0.1, 0.15) is 30.6 Å². The van der Waals surface area contributed by atoms with Crippen LogP contribution in [-0.2, 0) is 14.3 Å². The number of hydrogen-bond donors (Lipinski definition) is 1. The zero-order chi connectivity index (χ0) is 21.7. The Morgan fingerprint density at radius 2 is 1.80 bits per heavy atom. The molecule has 0 aliphatic carbocycles. The molecule has 3 rings (SSSR count). The molecule has 2 aromatic rings. The number of nitrogens with one attached hydrogen (secondary N) is 1. The van der Waals surface area contributed by atoms with Crippen molar-refractivity contribution in [2.45, 2.75) is 20.3 Å². The molecule has 7 nitrogen and oxygen atoms in total. The molecule has 30 heavy (non-hydrogen) atoms. The largest absolute Gasteiger partial charge is 0.494 e. The summed E-state index contributed by atoms with van der Waals surface area (Å²) in [5, 5.41) is 2.66. The minimum atomic E-state index is -0.672. The highest BCUT2D eigenvalue weighted by Gasteiger charge is 2.39. The fraction of sp³-hybridized carbons (Fsp3) is 0.227. The first-order valence-electron chi connectivity index (χ1n) is 9.51. The van der Waals surface area contributed by atoms with E-state index in [1.165, 1.54) is 6.07 Å². The van der Waals surface area contributed by atoms with Gasteiger partial charge in [0.25, 0.3) is 11.8 Å². The smallest absolute Gasteiger partial charge is 0.338 e. The SMILES string of the molecule is CCCOC(=O)c1cccc(N2C(=O)C(Cl)=C(Nc3ccc(OCC)cc3)C2=O)c1. The zero-order valence-corrected chi connectivity index (χ0v) is 17.4. The lowest BCUT2D eigenvalue weighted by Crippen LogP contribution is -2.32. The number of amides is 2. The van der Waals surface area contributed by atoms with E-state index in [0.717, 1.165) is 4.90 Å². The van der Waals surface area contributed by atoms with Crippen LogP contribution >= 0.6 is 11.6 Å². The summed E-state index contributed by atoms with van der Waals surface area (Å²) < 4.78 is 10.5. The third-order valence-corrected chi connectivity index (χ3v) is 4.59. The van der Waals surface area contributed by atoms with E-state index in [0.29, 0.717) is 24.5 Å². The fourth-order valence-corrected chi connectivity index (χ4v) is 3.05. The summed E-state index contributed by atoms with van der Waals surface area (Å²) in [6.07, 6.45) is 0.689. The van der Waals surface area contributed by atoms with E-state index in [1.807, 2.05) is 13.8 Å². The second-order valence-corrected chi connectivity index (χ2v) is 6.78. The number of ether oxygens (including phenoxy) is 2. The lowest BCUT2D eigenvalue weighted by atomic mass is 10.2. The molecule has 0 saturated carbocycles. The number of anilines is 2. The lowest BCUT2D eigenvalue weighted by Gasteiger charge is -2.16. The van der Waals surface area contributed by atoms with Crippen molar-refractivity contribution in [1.82, 2.24) is 0 Å². The molecule has 8 heteroatoms. The molecule has 0 radical (unpaired) electrons. The first-order valence-corrected chi connectivity index (χ1v) is 9.89. The third kappa shape index (κ3) is 4.46. The Morgan fingerprint density at radius 3 is 2.47 bits per heavy atom. The maximum Gasteiger partial charge on any atom is 0.338 e. The molecule has 0 spiro atoms. The van der Waals surface area contributed by atoms with Crippen LogP contribution in [0.4, 0.5) is 11.4 Å². The van der Waals surface area contributed by atoms with E-state index in [9.17, 15) is 14.4 Å². The minimum absolute atomic E-state index is 0.0372. The van der Waals surface area contributed by atoms with E-state index in [2.05, 4.69) is 5.32 Å². The van der Waals surface area contributed by atoms with Gasteiger partial charge in [0, 0.05) is 5.69 Å². The van der Waals surface area contributed by atoms with Gasteiger partial charge in [0.05, 0.1) is 24.5 Å². The molecule has 156 valence electrons. The Morgan fingerprint density at radius 1 is 1.07 bits per heavy atom. The maximum atomic E-state index is 12.9. The lowest BCUT2D eigenvalue weighted by molar-refractivity contribution is -0.120. The van der Waals surface area contributed by atoms with Gasteiger partial charge in [0.2, 0.25) is 0 Å². The highest BCUT2D eigenvalue weighted by Crippen LogP contribution is 2.31. The minimum Gasteiger partial charge on any atom is -0.494 e. The van der Waals surface area contributed by atoms with Crippen molar-refractivity contribution in [3.05, 3.63) is 64.8 Å². The standard InChI is InChI=1S/C22H21ClN2O5/c1-3-12-30-22(28)14-6-5-7-16(13-14)25-20(26)18(23)19(21(25)27)24-15-8-10-17(11-9-15)29-4-2/h5-11,13,24H,3-4,12H2,1-2H3. The van der Waals surface area contributed by atoms with Gasteiger partial charge in [0.15, 0.2) is 0 Å². The predicted molar refractivity (Wildman–Crippen MR) is 114 cm³/mol. The van der Waals surface area contributed by atoms with Crippen LogP contribution in [0.25, 0.3) is 0 Å². The van der Waals surface area contributed by atoms with Gasteiger partial charge in [-0.05, 0) is 55.8 Å². The van der Waals surface area contributed by atoms with Crippen LogP contribution in [0, 0.1) is 0 Å². The molecule has 2 aromatic carbocycles. The quantitative estimate of drug-likeness (QED) is 0.503. The van der Waals surface area contributed by atoms with Crippen LogP contribution in [0.2, 0.25) is 0 Å². The zero-order valence-electron chi connectivity index (χ0n) is 16.6. The summed E-state index contributed by atoms with van der Waals surface area (Å²) in [6.45, 7) is 4.59. The molecule has 0 unspecified atom stereocenters. The number of carbonyl (C=O) groups is 3. The van der Waals surface area contributed by atoms with E-state index in [4.69, 9.17) is 21.1 Å². The molecule has 0 aromatic heterocycles. The second-order valence-electron chi connectivity index (χ2n) is 6.40. The predicted octanol–water partition coefficient (Wildman–Crippen LogP) is 4.09. The molecule has 0 bridgehead atoms. The van der Waals surface area contributed by atoms with E-state index in [1.54, 1.807) is 42.5 Å². The number of nitrogens with zero attached hydrogens (tertiary/aromatic N) is 1. The van der Waals surface area contributed by atoms with Crippen molar-refractivity contribution in [3.8, 4) is 5.75 Å². The molecule has 1 N–H and O–H groups in total. The number of esters is 1. The summed E-state index contributed by atoms with van der Waals surface area (Å²) in [4.78, 5) is 38.6. The van der Waals surface area contributed by atoms with Crippen molar-refractivity contribution >= 4 is 40.8 Å². The van der Waals surface area contributed by atoms with Crippen molar-refractivity contribution in [1.29, 1.82) is 0 Å². The van der Waals surface area contributed by atoms with E-state index >= 15 is 0 Å². The average molecular weight is 429 g/mol. The molecule has 2 amide bonds. The summed E-state index contributed by atoms with van der Waals surface area (Å²) in [5.41, 5.74) is 1.01. The number of imide groups is 1. The van der Waals surface area contributed by atoms with Gasteiger partial charge in [-0.1, -0.05) is 24.6 Å². The van der Waals surface area contributed by atoms with Crippen molar-refractivity contribution in [2.24, 2.45) is 0 Å². The van der Waals surface area contributed by atoms with Gasteiger partial charge in [-0.25, -0.2) is 9.69 Å². The number of benzene rings is 2. The van der Waals surface area contributed by atoms with E-state index < -0.39 is 17.8 Å². The summed E-state index contributed by atoms with van der Waals surface area (Å²) in [7, 11) is 0. The third-order valence-electron chi connectivity index (χ3n) is 4.24. The number of rotatable bonds is 8. The topological polar surface area (TPSA) is 84.9 Å². The molecule has 1 heterocycles. The summed E-state index contributed by atoms with van der Waals surface area (Å²) in [6, 6.07) is 13.0. The number of halogens is 1. The van der Waals surface area contributed by atoms with Crippen LogP contribution in [0.5, 0.6) is 5.75 Å². The van der Waals surface area contributed by atoms with Gasteiger partial charge in [-0.3, -0.25) is 9.59 Å². The van der Waals surface area contributed by atoms with Crippen LogP contribution in [0.15, 0.2) is 59.3 Å². The van der Waals surface area contributed by atoms with Crippen LogP contribution < -0.4 is 15.0 Å². The monoisotopic (exact) mass is 428 g/mol. The highest BCUT2D eigenvalue weighted by atomic mass is 35.5. The highest BCUT2D eigenvalue weighted by molar-refractivity contribution is 6.53. The molecular weight excluding hydrogens is 408 g/mol. The van der Waals surface area contributed by atoms with E-state index in [-0.39, 0.29) is 28.6 Å². The first-order chi connectivity index (χ1) is 14.5. The number of hydrogen-bond acceptors (Lipinski definition) is 6. The molecule has 0 fully saturated rings. The Labute approximate surface area is 179 Å². The van der Waals surface area contributed by atoms with Crippen molar-refractivity contribution < 1.29 is 23.9 Å². The van der Waals surface area contributed by atoms with Gasteiger partial charge in [-0.2, -0.15) is 0 Å². The van der Waals surface area contributed by atoms with Crippen LogP contribution in [-0.4, -0.2) is 31.0 Å². The Kier molecular flexibility index (Phi) is 6.74. The molecule has 0 atom stereocenters. The summed E-state index contributed by atoms with van der Waals surface area (Å²) in [5.74, 6) is -1.12. The Balaban J connectivity index is 1.80. The summed E-state index contributed by atoms with van der Waals surface area (Å²) >= 11 is 6.16. The number of carbonyl (C=O) groups excluding carboxylic acids is 3. The average Bonchev–Trinajstić information content (AvgIpc) is 2.96. The second kappa shape index (κ2) is 9.45. The van der Waals surface area contributed by atoms with Gasteiger partial charge in [-0.15, -0.1) is 0 Å². The van der Waals surface area contributed by atoms with Gasteiger partial charge in [0.1, 0.15) is 16.5 Å². The fourth-order valence-electron chi connectivity index (χ4n) is 2.84. The van der Waals surface area contributed by atoms with Crippen molar-refractivity contribution in [2.75, 3.05) is 23.4 Å². The maximum absolute atomic E-state index is 12.9. The first kappa shape index (κ1) is 21.4.